The second-order valence-electron chi connectivity index (χ2n) is 3.98. The average Bonchev–Trinajstić information content (AvgIpc) is 2.30. The lowest BCUT2D eigenvalue weighted by atomic mass is 9.86. The third kappa shape index (κ3) is 2.21. The van der Waals surface area contributed by atoms with E-state index in [1.54, 1.807) is 0 Å². The fraction of sp³-hybridized carbons (Fsp3) is 0.167. The number of allylic oxidation sites excluding steroid dienone is 2. The number of halogens is 6. The molecule has 1 aliphatic rings. The molecule has 0 bridgehead atoms. The van der Waals surface area contributed by atoms with Gasteiger partial charge in [0.15, 0.2) is 11.6 Å². The molecule has 1 aliphatic carbocycles. The Hall–Kier alpha value is -2.12. The Balaban J connectivity index is 2.73. The van der Waals surface area contributed by atoms with Crippen molar-refractivity contribution in [3.63, 3.8) is 0 Å². The van der Waals surface area contributed by atoms with Crippen LogP contribution in [-0.2, 0) is 6.18 Å². The minimum atomic E-state index is -5.19. The number of carbonyl (C=O) groups excluding carboxylic acids is 2. The number of rotatable bonds is 0. The van der Waals surface area contributed by atoms with Crippen molar-refractivity contribution in [1.29, 1.82) is 0 Å². The second kappa shape index (κ2) is 4.19. The lowest BCUT2D eigenvalue weighted by Gasteiger charge is -2.20. The Morgan fingerprint density at radius 3 is 1.95 bits per heavy atom. The van der Waals surface area contributed by atoms with E-state index in [1.807, 2.05) is 0 Å². The van der Waals surface area contributed by atoms with Gasteiger partial charge in [-0.2, -0.15) is 26.3 Å². The molecular weight excluding hydrogens is 290 g/mol. The summed E-state index contributed by atoms with van der Waals surface area (Å²) in [5.41, 5.74) is -5.38. The molecule has 8 heteroatoms. The van der Waals surface area contributed by atoms with Crippen molar-refractivity contribution >= 4 is 11.6 Å². The Kier molecular flexibility index (Phi) is 2.99. The first-order valence-electron chi connectivity index (χ1n) is 5.11. The lowest BCUT2D eigenvalue weighted by Crippen LogP contribution is -2.29. The highest BCUT2D eigenvalue weighted by Gasteiger charge is 2.46. The molecule has 0 aliphatic heterocycles. The lowest BCUT2D eigenvalue weighted by molar-refractivity contribution is -0.138. The average molecular weight is 294 g/mol. The first kappa shape index (κ1) is 14.3. The summed E-state index contributed by atoms with van der Waals surface area (Å²) in [7, 11) is 0. The molecule has 2 nitrogen and oxygen atoms in total. The predicted octanol–water partition coefficient (Wildman–Crippen LogP) is 3.57. The third-order valence-corrected chi connectivity index (χ3v) is 2.69. The van der Waals surface area contributed by atoms with Crippen molar-refractivity contribution in [3.05, 3.63) is 46.5 Å². The first-order valence-corrected chi connectivity index (χ1v) is 5.11. The van der Waals surface area contributed by atoms with Gasteiger partial charge in [-0.15, -0.1) is 0 Å². The van der Waals surface area contributed by atoms with E-state index in [2.05, 4.69) is 0 Å². The van der Waals surface area contributed by atoms with E-state index in [1.165, 1.54) is 0 Å². The Labute approximate surface area is 107 Å². The van der Waals surface area contributed by atoms with Gasteiger partial charge in [0.1, 0.15) is 5.57 Å². The van der Waals surface area contributed by atoms with Gasteiger partial charge in [-0.3, -0.25) is 9.59 Å². The van der Waals surface area contributed by atoms with Crippen LogP contribution in [0.25, 0.3) is 0 Å². The van der Waals surface area contributed by atoms with Crippen LogP contribution < -0.4 is 0 Å². The molecule has 0 fully saturated rings. The number of Topliss-reactive ketones (excluding diaryl/α,β-unsaturated/α-hetero) is 1. The van der Waals surface area contributed by atoms with Crippen molar-refractivity contribution in [2.45, 2.75) is 12.4 Å². The zero-order chi connectivity index (χ0) is 15.3. The van der Waals surface area contributed by atoms with E-state index in [9.17, 15) is 35.9 Å². The van der Waals surface area contributed by atoms with Crippen LogP contribution in [0.5, 0.6) is 0 Å². The minimum Gasteiger partial charge on any atom is -0.289 e. The topological polar surface area (TPSA) is 34.1 Å². The molecule has 106 valence electrons. The molecule has 20 heavy (non-hydrogen) atoms. The minimum absolute atomic E-state index is 0.0187. The molecule has 0 radical (unpaired) electrons. The molecule has 0 atom stereocenters. The van der Waals surface area contributed by atoms with Gasteiger partial charge in [-0.05, 0) is 6.07 Å². The number of benzene rings is 1. The van der Waals surface area contributed by atoms with E-state index in [0.717, 1.165) is 12.1 Å². The van der Waals surface area contributed by atoms with Crippen molar-refractivity contribution in [2.75, 3.05) is 0 Å². The van der Waals surface area contributed by atoms with Crippen molar-refractivity contribution < 1.29 is 35.9 Å². The van der Waals surface area contributed by atoms with E-state index >= 15 is 0 Å². The molecule has 0 spiro atoms. The summed E-state index contributed by atoms with van der Waals surface area (Å²) >= 11 is 0. The number of hydrogen-bond donors (Lipinski definition) is 0. The maximum atomic E-state index is 12.7. The van der Waals surface area contributed by atoms with Gasteiger partial charge >= 0.3 is 12.4 Å². The van der Waals surface area contributed by atoms with Crippen LogP contribution in [0.2, 0.25) is 0 Å². The van der Waals surface area contributed by atoms with Crippen molar-refractivity contribution in [2.24, 2.45) is 0 Å². The summed E-state index contributed by atoms with van der Waals surface area (Å²) in [5, 5.41) is 0. The highest BCUT2D eigenvalue weighted by atomic mass is 19.4. The predicted molar refractivity (Wildman–Crippen MR) is 54.2 cm³/mol. The van der Waals surface area contributed by atoms with Gasteiger partial charge in [-0.25, -0.2) is 0 Å². The zero-order valence-electron chi connectivity index (χ0n) is 9.39. The van der Waals surface area contributed by atoms with Gasteiger partial charge < -0.3 is 0 Å². The third-order valence-electron chi connectivity index (χ3n) is 2.69. The Morgan fingerprint density at radius 1 is 0.850 bits per heavy atom. The fourth-order valence-corrected chi connectivity index (χ4v) is 1.86. The molecular formula is C12H4F6O2. The first-order chi connectivity index (χ1) is 9.03. The molecule has 0 unspecified atom stereocenters. The largest absolute Gasteiger partial charge is 0.420 e. The zero-order valence-corrected chi connectivity index (χ0v) is 9.39. The van der Waals surface area contributed by atoms with Crippen LogP contribution in [-0.4, -0.2) is 17.7 Å². The monoisotopic (exact) mass is 294 g/mol. The van der Waals surface area contributed by atoms with E-state index in [-0.39, 0.29) is 6.08 Å². The van der Waals surface area contributed by atoms with Gasteiger partial charge in [0, 0.05) is 17.2 Å². The highest BCUT2D eigenvalue weighted by molar-refractivity contribution is 6.25. The summed E-state index contributed by atoms with van der Waals surface area (Å²) in [5.74, 6) is -3.13. The maximum absolute atomic E-state index is 12.7. The maximum Gasteiger partial charge on any atom is 0.420 e. The van der Waals surface area contributed by atoms with Crippen LogP contribution >= 0.6 is 0 Å². The standard InChI is InChI=1S/C12H4F6O2/c13-11(14,15)6-3-1-2-5-8(19)4-7(12(16,17)18)10(20)9(5)6/h1-4H. The summed E-state index contributed by atoms with van der Waals surface area (Å²) in [4.78, 5) is 23.1. The van der Waals surface area contributed by atoms with Gasteiger partial charge in [0.25, 0.3) is 0 Å². The van der Waals surface area contributed by atoms with Gasteiger partial charge in [-0.1, -0.05) is 12.1 Å². The number of carbonyl (C=O) groups is 2. The van der Waals surface area contributed by atoms with Crippen LogP contribution in [0.3, 0.4) is 0 Å². The summed E-state index contributed by atoms with van der Waals surface area (Å²) < 4.78 is 75.9. The molecule has 0 saturated heterocycles. The van der Waals surface area contributed by atoms with Crippen LogP contribution in [0.15, 0.2) is 29.8 Å². The Bertz CT molecular complexity index is 636. The molecule has 1 aromatic rings. The van der Waals surface area contributed by atoms with Gasteiger partial charge in [0.05, 0.1) is 5.56 Å². The van der Waals surface area contributed by atoms with Gasteiger partial charge in [0.2, 0.25) is 0 Å². The molecule has 0 saturated carbocycles. The van der Waals surface area contributed by atoms with E-state index < -0.39 is 46.2 Å². The fourth-order valence-electron chi connectivity index (χ4n) is 1.86. The SMILES string of the molecule is O=C1C=C(C(F)(F)F)C(=O)c2c1cccc2C(F)(F)F. The number of alkyl halides is 6. The Morgan fingerprint density at radius 2 is 1.45 bits per heavy atom. The molecule has 0 heterocycles. The summed E-state index contributed by atoms with van der Waals surface area (Å²) in [6.45, 7) is 0. The molecule has 0 N–H and O–H groups in total. The van der Waals surface area contributed by atoms with E-state index in [4.69, 9.17) is 0 Å². The van der Waals surface area contributed by atoms with Crippen molar-refractivity contribution in [1.82, 2.24) is 0 Å². The highest BCUT2D eigenvalue weighted by Crippen LogP contribution is 2.39. The smallest absolute Gasteiger partial charge is 0.289 e. The van der Waals surface area contributed by atoms with E-state index in [0.29, 0.717) is 6.07 Å². The summed E-state index contributed by atoms with van der Waals surface area (Å²) in [6, 6.07) is 2.21. The van der Waals surface area contributed by atoms with Crippen LogP contribution in [0.4, 0.5) is 26.3 Å². The van der Waals surface area contributed by atoms with Crippen LogP contribution in [0.1, 0.15) is 26.3 Å². The number of hydrogen-bond acceptors (Lipinski definition) is 2. The number of ketones is 2. The number of fused-ring (bicyclic) bond motifs is 1. The summed E-state index contributed by atoms with van der Waals surface area (Å²) in [6.07, 6.45) is -10.2. The van der Waals surface area contributed by atoms with Crippen molar-refractivity contribution in [3.8, 4) is 0 Å². The molecule has 0 amide bonds. The normalized spacial score (nSPS) is 16.0. The quantitative estimate of drug-likeness (QED) is 0.685. The molecule has 2 rings (SSSR count). The second-order valence-corrected chi connectivity index (χ2v) is 3.98. The molecule has 0 aromatic heterocycles. The van der Waals surface area contributed by atoms with Crippen LogP contribution in [0, 0.1) is 0 Å². The molecule has 1 aromatic carbocycles.